The zero-order valence-electron chi connectivity index (χ0n) is 9.56. The highest BCUT2D eigenvalue weighted by atomic mass is 127. The number of rotatable bonds is 2. The van der Waals surface area contributed by atoms with E-state index in [9.17, 15) is 0 Å². The maximum absolute atomic E-state index is 6.10. The maximum Gasteiger partial charge on any atom is 0.146 e. The van der Waals surface area contributed by atoms with Crippen molar-refractivity contribution in [3.8, 4) is 0 Å². The molecule has 0 atom stereocenters. The van der Waals surface area contributed by atoms with Gasteiger partial charge in [0.15, 0.2) is 0 Å². The van der Waals surface area contributed by atoms with Crippen molar-refractivity contribution in [2.45, 2.75) is 46.0 Å². The molecule has 0 aliphatic heterocycles. The van der Waals surface area contributed by atoms with Gasteiger partial charge in [-0.2, -0.15) is 0 Å². The normalized spacial score (nSPS) is 11.9. The predicted molar refractivity (Wildman–Crippen MR) is 72.5 cm³/mol. The van der Waals surface area contributed by atoms with Crippen molar-refractivity contribution in [3.05, 3.63) is 20.2 Å². The second-order valence-electron chi connectivity index (χ2n) is 4.59. The molecule has 0 aromatic carbocycles. The Kier molecular flexibility index (Phi) is 4.35. The first kappa shape index (κ1) is 13.2. The molecule has 1 aromatic rings. The summed E-state index contributed by atoms with van der Waals surface area (Å²) in [5, 5.41) is 0.582. The molecule has 0 bridgehead atoms. The summed E-state index contributed by atoms with van der Waals surface area (Å²) in [6.45, 7) is 8.54. The molecular weight excluding hydrogens is 322 g/mol. The van der Waals surface area contributed by atoms with Crippen molar-refractivity contribution >= 4 is 34.2 Å². The highest BCUT2D eigenvalue weighted by Crippen LogP contribution is 2.29. The first-order valence-corrected chi connectivity index (χ1v) is 6.54. The summed E-state index contributed by atoms with van der Waals surface area (Å²) in [7, 11) is 0. The molecule has 84 valence electrons. The summed E-state index contributed by atoms with van der Waals surface area (Å²) in [5.74, 6) is 0.854. The molecule has 1 aromatic heterocycles. The van der Waals surface area contributed by atoms with Gasteiger partial charge in [0, 0.05) is 11.8 Å². The molecule has 1 heterocycles. The van der Waals surface area contributed by atoms with Gasteiger partial charge in [-0.05, 0) is 29.0 Å². The van der Waals surface area contributed by atoms with Gasteiger partial charge in [0.2, 0.25) is 0 Å². The zero-order valence-corrected chi connectivity index (χ0v) is 12.5. The molecule has 0 fully saturated rings. The summed E-state index contributed by atoms with van der Waals surface area (Å²) >= 11 is 8.32. The van der Waals surface area contributed by atoms with Gasteiger partial charge >= 0.3 is 0 Å². The van der Waals surface area contributed by atoms with E-state index in [1.54, 1.807) is 0 Å². The van der Waals surface area contributed by atoms with Crippen LogP contribution in [0.25, 0.3) is 0 Å². The van der Waals surface area contributed by atoms with Crippen molar-refractivity contribution < 1.29 is 0 Å². The molecular formula is C11H16ClIN2. The van der Waals surface area contributed by atoms with Crippen molar-refractivity contribution in [2.75, 3.05) is 0 Å². The SMILES string of the molecule is CCCc1nc(Cl)c(I)c(C(C)(C)C)n1. The van der Waals surface area contributed by atoms with E-state index in [-0.39, 0.29) is 5.41 Å². The third-order valence-electron chi connectivity index (χ3n) is 2.04. The Labute approximate surface area is 110 Å². The van der Waals surface area contributed by atoms with E-state index >= 15 is 0 Å². The van der Waals surface area contributed by atoms with Gasteiger partial charge in [0.05, 0.1) is 9.26 Å². The lowest BCUT2D eigenvalue weighted by atomic mass is 9.92. The highest BCUT2D eigenvalue weighted by Gasteiger charge is 2.22. The summed E-state index contributed by atoms with van der Waals surface area (Å²) < 4.78 is 0.974. The van der Waals surface area contributed by atoms with Gasteiger partial charge in [0.25, 0.3) is 0 Å². The molecule has 0 spiro atoms. The summed E-state index contributed by atoms with van der Waals surface area (Å²) in [6.07, 6.45) is 1.93. The lowest BCUT2D eigenvalue weighted by molar-refractivity contribution is 0.556. The average Bonchev–Trinajstić information content (AvgIpc) is 2.09. The number of halogens is 2. The Balaban J connectivity index is 3.25. The number of hydrogen-bond donors (Lipinski definition) is 0. The quantitative estimate of drug-likeness (QED) is 0.602. The van der Waals surface area contributed by atoms with Crippen molar-refractivity contribution in [1.82, 2.24) is 9.97 Å². The first-order chi connectivity index (χ1) is 6.86. The second kappa shape index (κ2) is 4.95. The Bertz CT molecular complexity index is 358. The van der Waals surface area contributed by atoms with Crippen LogP contribution in [-0.4, -0.2) is 9.97 Å². The molecule has 4 heteroatoms. The number of aromatic nitrogens is 2. The summed E-state index contributed by atoms with van der Waals surface area (Å²) in [4.78, 5) is 8.87. The fourth-order valence-corrected chi connectivity index (χ4v) is 2.53. The van der Waals surface area contributed by atoms with E-state index in [1.165, 1.54) is 0 Å². The molecule has 0 unspecified atom stereocenters. The van der Waals surface area contributed by atoms with Gasteiger partial charge in [-0.25, -0.2) is 9.97 Å². The lowest BCUT2D eigenvalue weighted by Gasteiger charge is -2.20. The molecule has 0 saturated carbocycles. The molecule has 1 rings (SSSR count). The molecule has 0 aliphatic rings. The number of aryl methyl sites for hydroxylation is 1. The van der Waals surface area contributed by atoms with E-state index in [1.807, 2.05) is 0 Å². The predicted octanol–water partition coefficient (Wildman–Crippen LogP) is 3.98. The van der Waals surface area contributed by atoms with Crippen LogP contribution in [0.2, 0.25) is 5.15 Å². The van der Waals surface area contributed by atoms with Crippen molar-refractivity contribution in [1.29, 1.82) is 0 Å². The highest BCUT2D eigenvalue weighted by molar-refractivity contribution is 14.1. The van der Waals surface area contributed by atoms with Gasteiger partial charge in [-0.1, -0.05) is 39.3 Å². The van der Waals surface area contributed by atoms with Crippen LogP contribution in [0.15, 0.2) is 0 Å². The largest absolute Gasteiger partial charge is 0.236 e. The molecule has 0 amide bonds. The number of nitrogens with zero attached hydrogens (tertiary/aromatic N) is 2. The van der Waals surface area contributed by atoms with Gasteiger partial charge in [0.1, 0.15) is 11.0 Å². The lowest BCUT2D eigenvalue weighted by Crippen LogP contribution is -2.18. The van der Waals surface area contributed by atoms with Crippen LogP contribution >= 0.6 is 34.2 Å². The average molecular weight is 339 g/mol. The van der Waals surface area contributed by atoms with Crippen LogP contribution in [0.1, 0.15) is 45.6 Å². The molecule has 0 N–H and O–H groups in total. The monoisotopic (exact) mass is 338 g/mol. The smallest absolute Gasteiger partial charge is 0.146 e. The van der Waals surface area contributed by atoms with Crippen molar-refractivity contribution in [3.63, 3.8) is 0 Å². The van der Waals surface area contributed by atoms with E-state index in [2.05, 4.69) is 60.3 Å². The Hall–Kier alpha value is 0.1000. The Morgan fingerprint density at radius 1 is 1.27 bits per heavy atom. The standard InChI is InChI=1S/C11H16ClIN2/c1-5-6-7-14-9(11(2,3)4)8(13)10(12)15-7/h5-6H2,1-4H3. The Morgan fingerprint density at radius 2 is 1.87 bits per heavy atom. The zero-order chi connectivity index (χ0) is 11.6. The fraction of sp³-hybridized carbons (Fsp3) is 0.636. The maximum atomic E-state index is 6.10. The molecule has 2 nitrogen and oxygen atoms in total. The topological polar surface area (TPSA) is 25.8 Å². The van der Waals surface area contributed by atoms with Crippen LogP contribution in [0.4, 0.5) is 0 Å². The van der Waals surface area contributed by atoms with Crippen LogP contribution in [-0.2, 0) is 11.8 Å². The van der Waals surface area contributed by atoms with Gasteiger partial charge < -0.3 is 0 Å². The third kappa shape index (κ3) is 3.28. The van der Waals surface area contributed by atoms with E-state index < -0.39 is 0 Å². The van der Waals surface area contributed by atoms with Crippen LogP contribution in [0.3, 0.4) is 0 Å². The molecule has 0 saturated heterocycles. The fourth-order valence-electron chi connectivity index (χ4n) is 1.30. The first-order valence-electron chi connectivity index (χ1n) is 5.08. The third-order valence-corrected chi connectivity index (χ3v) is 3.66. The van der Waals surface area contributed by atoms with E-state index in [0.717, 1.165) is 27.9 Å². The van der Waals surface area contributed by atoms with Gasteiger partial charge in [-0.15, -0.1) is 0 Å². The van der Waals surface area contributed by atoms with Crippen LogP contribution in [0, 0.1) is 3.57 Å². The number of hydrogen-bond acceptors (Lipinski definition) is 2. The second-order valence-corrected chi connectivity index (χ2v) is 6.03. The van der Waals surface area contributed by atoms with E-state index in [4.69, 9.17) is 11.6 Å². The van der Waals surface area contributed by atoms with Crippen molar-refractivity contribution in [2.24, 2.45) is 0 Å². The molecule has 0 aliphatic carbocycles. The Morgan fingerprint density at radius 3 is 2.33 bits per heavy atom. The minimum atomic E-state index is 0.0194. The summed E-state index contributed by atoms with van der Waals surface area (Å²) in [6, 6.07) is 0. The summed E-state index contributed by atoms with van der Waals surface area (Å²) in [5.41, 5.74) is 1.07. The van der Waals surface area contributed by atoms with Crippen LogP contribution in [0.5, 0.6) is 0 Å². The van der Waals surface area contributed by atoms with Gasteiger partial charge in [-0.3, -0.25) is 0 Å². The molecule has 0 radical (unpaired) electrons. The van der Waals surface area contributed by atoms with Crippen LogP contribution < -0.4 is 0 Å². The minimum Gasteiger partial charge on any atom is -0.236 e. The molecule has 15 heavy (non-hydrogen) atoms. The minimum absolute atomic E-state index is 0.0194. The van der Waals surface area contributed by atoms with E-state index in [0.29, 0.717) is 5.15 Å².